The van der Waals surface area contributed by atoms with Crippen molar-refractivity contribution in [1.82, 2.24) is 4.98 Å². The number of carboxylic acid groups (broad SMARTS) is 1. The van der Waals surface area contributed by atoms with Crippen LogP contribution in [0.3, 0.4) is 0 Å². The van der Waals surface area contributed by atoms with Gasteiger partial charge in [0.1, 0.15) is 0 Å². The van der Waals surface area contributed by atoms with Gasteiger partial charge in [0.2, 0.25) is 0 Å². The van der Waals surface area contributed by atoms with Gasteiger partial charge in [0.05, 0.1) is 5.69 Å². The predicted molar refractivity (Wildman–Crippen MR) is 43.5 cm³/mol. The van der Waals surface area contributed by atoms with E-state index in [0.29, 0.717) is 6.42 Å². The number of hydrogen-bond donors (Lipinski definition) is 1. The van der Waals surface area contributed by atoms with E-state index in [9.17, 15) is 9.59 Å². The van der Waals surface area contributed by atoms with Gasteiger partial charge in [0.15, 0.2) is 5.01 Å². The van der Waals surface area contributed by atoms with Crippen molar-refractivity contribution in [2.75, 3.05) is 0 Å². The van der Waals surface area contributed by atoms with E-state index >= 15 is 0 Å². The molecule has 0 saturated heterocycles. The number of Topliss-reactive ketones (excluding diaryl/α,β-unsaturated/α-hetero) is 1. The third-order valence-corrected chi connectivity index (χ3v) is 2.19. The van der Waals surface area contributed by atoms with Crippen LogP contribution in [-0.4, -0.2) is 21.8 Å². The van der Waals surface area contributed by atoms with Crippen molar-refractivity contribution in [3.63, 3.8) is 0 Å². The topological polar surface area (TPSA) is 67.3 Å². The van der Waals surface area contributed by atoms with E-state index in [1.165, 1.54) is 0 Å². The molecule has 0 atom stereocenters. The number of carbonyl (C=O) groups is 2. The summed E-state index contributed by atoms with van der Waals surface area (Å²) in [5.41, 5.74) is 0.754. The molecule has 4 nitrogen and oxygen atoms in total. The second-order valence-corrected chi connectivity index (χ2v) is 2.99. The van der Waals surface area contributed by atoms with Crippen LogP contribution in [0.25, 0.3) is 0 Å². The summed E-state index contributed by atoms with van der Waals surface area (Å²) in [6.45, 7) is 1.89. The van der Waals surface area contributed by atoms with E-state index in [1.807, 2.05) is 6.92 Å². The molecule has 0 fully saturated rings. The highest BCUT2D eigenvalue weighted by Crippen LogP contribution is 2.10. The molecule has 0 aliphatic rings. The lowest BCUT2D eigenvalue weighted by Gasteiger charge is -1.86. The molecule has 64 valence electrons. The monoisotopic (exact) mass is 185 g/mol. The molecule has 0 radical (unpaired) electrons. The third kappa shape index (κ3) is 1.68. The maximum absolute atomic E-state index is 10.8. The number of hydrogen-bond acceptors (Lipinski definition) is 4. The van der Waals surface area contributed by atoms with Crippen molar-refractivity contribution in [2.45, 2.75) is 13.3 Å². The molecule has 0 aromatic carbocycles. The van der Waals surface area contributed by atoms with Gasteiger partial charge in [-0.2, -0.15) is 0 Å². The van der Waals surface area contributed by atoms with E-state index in [-0.39, 0.29) is 5.01 Å². The first-order chi connectivity index (χ1) is 5.65. The Kier molecular flexibility index (Phi) is 2.54. The van der Waals surface area contributed by atoms with Crippen LogP contribution in [0.4, 0.5) is 0 Å². The van der Waals surface area contributed by atoms with Gasteiger partial charge in [-0.05, 0) is 6.42 Å². The fraction of sp³-hybridized carbons (Fsp3) is 0.286. The Labute approximate surface area is 72.9 Å². The van der Waals surface area contributed by atoms with Crippen LogP contribution in [0.15, 0.2) is 5.38 Å². The molecular weight excluding hydrogens is 178 g/mol. The van der Waals surface area contributed by atoms with Crippen LogP contribution in [0.2, 0.25) is 0 Å². The molecule has 0 amide bonds. The number of carboxylic acids is 1. The van der Waals surface area contributed by atoms with Crippen molar-refractivity contribution in [3.8, 4) is 0 Å². The molecule has 1 aromatic heterocycles. The Morgan fingerprint density at radius 2 is 2.33 bits per heavy atom. The molecule has 0 aliphatic heterocycles. The van der Waals surface area contributed by atoms with E-state index < -0.39 is 11.8 Å². The fourth-order valence-corrected chi connectivity index (χ4v) is 1.50. The first-order valence-corrected chi connectivity index (χ1v) is 4.25. The average molecular weight is 185 g/mol. The Hall–Kier alpha value is -1.23. The lowest BCUT2D eigenvalue weighted by molar-refractivity contribution is -0.131. The van der Waals surface area contributed by atoms with Gasteiger partial charge >= 0.3 is 5.97 Å². The van der Waals surface area contributed by atoms with Crippen LogP contribution in [0.5, 0.6) is 0 Å². The third-order valence-electron chi connectivity index (χ3n) is 1.30. The molecule has 12 heavy (non-hydrogen) atoms. The molecule has 1 N–H and O–H groups in total. The molecule has 0 aliphatic carbocycles. The summed E-state index contributed by atoms with van der Waals surface area (Å²) in [6.07, 6.45) is 0.712. The normalized spacial score (nSPS) is 9.75. The van der Waals surface area contributed by atoms with E-state index in [0.717, 1.165) is 17.0 Å². The van der Waals surface area contributed by atoms with Crippen molar-refractivity contribution in [1.29, 1.82) is 0 Å². The Balaban J connectivity index is 2.89. The van der Waals surface area contributed by atoms with Crippen LogP contribution in [0.1, 0.15) is 22.4 Å². The molecule has 0 unspecified atom stereocenters. The Bertz CT molecular complexity index is 318. The zero-order valence-electron chi connectivity index (χ0n) is 6.40. The zero-order valence-corrected chi connectivity index (χ0v) is 7.22. The van der Waals surface area contributed by atoms with Crippen LogP contribution in [-0.2, 0) is 11.2 Å². The summed E-state index contributed by atoms with van der Waals surface area (Å²) in [4.78, 5) is 24.9. The van der Waals surface area contributed by atoms with Crippen LogP contribution < -0.4 is 0 Å². The van der Waals surface area contributed by atoms with Gasteiger partial charge in [-0.3, -0.25) is 4.79 Å². The zero-order chi connectivity index (χ0) is 9.14. The molecule has 1 rings (SSSR count). The lowest BCUT2D eigenvalue weighted by Crippen LogP contribution is -2.12. The number of ketones is 1. The minimum Gasteiger partial charge on any atom is -0.475 e. The summed E-state index contributed by atoms with van der Waals surface area (Å²) in [5, 5.41) is 10.1. The van der Waals surface area contributed by atoms with Crippen molar-refractivity contribution in [3.05, 3.63) is 16.1 Å². The predicted octanol–water partition coefficient (Wildman–Crippen LogP) is 0.973. The highest BCUT2D eigenvalue weighted by Gasteiger charge is 2.17. The van der Waals surface area contributed by atoms with Crippen molar-refractivity contribution >= 4 is 23.1 Å². The summed E-state index contributed by atoms with van der Waals surface area (Å²) in [5.74, 6) is -2.38. The summed E-state index contributed by atoms with van der Waals surface area (Å²) in [6, 6.07) is 0. The highest BCUT2D eigenvalue weighted by atomic mass is 32.1. The van der Waals surface area contributed by atoms with Crippen molar-refractivity contribution in [2.24, 2.45) is 0 Å². The van der Waals surface area contributed by atoms with Crippen molar-refractivity contribution < 1.29 is 14.7 Å². The number of carbonyl (C=O) groups excluding carboxylic acids is 1. The number of thiazole rings is 1. The number of nitrogens with zero attached hydrogens (tertiary/aromatic N) is 1. The van der Waals surface area contributed by atoms with E-state index in [4.69, 9.17) is 5.11 Å². The van der Waals surface area contributed by atoms with Crippen LogP contribution >= 0.6 is 11.3 Å². The largest absolute Gasteiger partial charge is 0.475 e. The SMILES string of the molecule is CCc1csc(C(=O)C(=O)O)n1. The number of aromatic nitrogens is 1. The summed E-state index contributed by atoms with van der Waals surface area (Å²) in [7, 11) is 0. The van der Waals surface area contributed by atoms with E-state index in [1.54, 1.807) is 5.38 Å². The van der Waals surface area contributed by atoms with Crippen LogP contribution in [0, 0.1) is 0 Å². The van der Waals surface area contributed by atoms with Gasteiger partial charge in [-0.15, -0.1) is 11.3 Å². The molecule has 0 spiro atoms. The minimum absolute atomic E-state index is 0.0550. The quantitative estimate of drug-likeness (QED) is 0.563. The molecule has 1 aromatic rings. The summed E-state index contributed by atoms with van der Waals surface area (Å²) < 4.78 is 0. The minimum atomic E-state index is -1.45. The molecular formula is C7H7NO3S. The standard InChI is InChI=1S/C7H7NO3S/c1-2-4-3-12-6(8-4)5(9)7(10)11/h3H,2H2,1H3,(H,10,11). The lowest BCUT2D eigenvalue weighted by atomic mass is 10.4. The average Bonchev–Trinajstić information content (AvgIpc) is 2.50. The van der Waals surface area contributed by atoms with Gasteiger partial charge < -0.3 is 5.11 Å². The molecule has 0 bridgehead atoms. The smallest absolute Gasteiger partial charge is 0.379 e. The number of aliphatic carboxylic acids is 1. The fourth-order valence-electron chi connectivity index (χ4n) is 0.665. The maximum atomic E-state index is 10.8. The second-order valence-electron chi connectivity index (χ2n) is 2.13. The second kappa shape index (κ2) is 3.44. The Morgan fingerprint density at radius 1 is 1.67 bits per heavy atom. The summed E-state index contributed by atoms with van der Waals surface area (Å²) >= 11 is 1.07. The molecule has 0 saturated carbocycles. The highest BCUT2D eigenvalue weighted by molar-refractivity contribution is 7.12. The van der Waals surface area contributed by atoms with Gasteiger partial charge in [-0.25, -0.2) is 9.78 Å². The maximum Gasteiger partial charge on any atom is 0.379 e. The number of rotatable bonds is 3. The molecule has 1 heterocycles. The van der Waals surface area contributed by atoms with Gasteiger partial charge in [0.25, 0.3) is 5.78 Å². The first kappa shape index (κ1) is 8.86. The number of aryl methyl sites for hydroxylation is 1. The molecule has 5 heteroatoms. The Morgan fingerprint density at radius 3 is 2.75 bits per heavy atom. The van der Waals surface area contributed by atoms with Gasteiger partial charge in [-0.1, -0.05) is 6.92 Å². The van der Waals surface area contributed by atoms with Gasteiger partial charge in [0, 0.05) is 5.38 Å². The van der Waals surface area contributed by atoms with E-state index in [2.05, 4.69) is 4.98 Å². The first-order valence-electron chi connectivity index (χ1n) is 3.37.